The third-order valence-corrected chi connectivity index (χ3v) is 3.40. The predicted octanol–water partition coefficient (Wildman–Crippen LogP) is 2.38. The minimum Gasteiger partial charge on any atom is -0.326 e. The molecule has 16 heavy (non-hydrogen) atoms. The SMILES string of the molecule is CCC(N)C(N1CC(C)CC1C)C(F)(F)F. The van der Waals surface area contributed by atoms with E-state index in [1.165, 1.54) is 4.90 Å². The van der Waals surface area contributed by atoms with Crippen LogP contribution < -0.4 is 5.73 Å². The first-order valence-corrected chi connectivity index (χ1v) is 5.85. The van der Waals surface area contributed by atoms with E-state index < -0.39 is 18.3 Å². The van der Waals surface area contributed by atoms with Gasteiger partial charge in [-0.3, -0.25) is 4.90 Å². The van der Waals surface area contributed by atoms with Crippen molar-refractivity contribution in [2.24, 2.45) is 11.7 Å². The van der Waals surface area contributed by atoms with E-state index in [9.17, 15) is 13.2 Å². The molecule has 96 valence electrons. The van der Waals surface area contributed by atoms with Crippen LogP contribution in [0, 0.1) is 5.92 Å². The van der Waals surface area contributed by atoms with Gasteiger partial charge in [-0.25, -0.2) is 0 Å². The van der Waals surface area contributed by atoms with E-state index in [2.05, 4.69) is 0 Å². The third kappa shape index (κ3) is 2.88. The summed E-state index contributed by atoms with van der Waals surface area (Å²) in [5.41, 5.74) is 5.63. The molecule has 0 aliphatic carbocycles. The molecule has 0 radical (unpaired) electrons. The molecule has 0 bridgehead atoms. The van der Waals surface area contributed by atoms with E-state index in [0.29, 0.717) is 18.9 Å². The van der Waals surface area contributed by atoms with Crippen LogP contribution in [0.1, 0.15) is 33.6 Å². The van der Waals surface area contributed by atoms with E-state index in [-0.39, 0.29) is 6.04 Å². The summed E-state index contributed by atoms with van der Waals surface area (Å²) in [4.78, 5) is 1.53. The molecule has 0 amide bonds. The Morgan fingerprint density at radius 3 is 2.25 bits per heavy atom. The molecule has 0 aromatic heterocycles. The van der Waals surface area contributed by atoms with Crippen molar-refractivity contribution < 1.29 is 13.2 Å². The second kappa shape index (κ2) is 4.92. The van der Waals surface area contributed by atoms with Gasteiger partial charge in [-0.15, -0.1) is 0 Å². The summed E-state index contributed by atoms with van der Waals surface area (Å²) in [7, 11) is 0. The molecule has 4 unspecified atom stereocenters. The first-order chi connectivity index (χ1) is 7.27. The number of alkyl halides is 3. The number of halogens is 3. The first kappa shape index (κ1) is 13.8. The first-order valence-electron chi connectivity index (χ1n) is 5.85. The van der Waals surface area contributed by atoms with Crippen molar-refractivity contribution in [3.8, 4) is 0 Å². The lowest BCUT2D eigenvalue weighted by Gasteiger charge is -2.36. The number of rotatable bonds is 3. The van der Waals surface area contributed by atoms with Crippen LogP contribution in [0.2, 0.25) is 0 Å². The summed E-state index contributed by atoms with van der Waals surface area (Å²) in [6.45, 7) is 6.04. The zero-order valence-corrected chi connectivity index (χ0v) is 10.1. The van der Waals surface area contributed by atoms with Crippen molar-refractivity contribution in [1.82, 2.24) is 4.90 Å². The molecule has 1 rings (SSSR count). The van der Waals surface area contributed by atoms with E-state index >= 15 is 0 Å². The van der Waals surface area contributed by atoms with Gasteiger partial charge in [-0.2, -0.15) is 13.2 Å². The maximum Gasteiger partial charge on any atom is 0.405 e. The molecule has 0 spiro atoms. The minimum atomic E-state index is -4.23. The lowest BCUT2D eigenvalue weighted by molar-refractivity contribution is -0.191. The summed E-state index contributed by atoms with van der Waals surface area (Å²) >= 11 is 0. The summed E-state index contributed by atoms with van der Waals surface area (Å²) in [6.07, 6.45) is -3.06. The molecule has 1 heterocycles. The minimum absolute atomic E-state index is 0.0285. The topological polar surface area (TPSA) is 29.3 Å². The van der Waals surface area contributed by atoms with Gasteiger partial charge in [-0.05, 0) is 25.7 Å². The van der Waals surface area contributed by atoms with Crippen molar-refractivity contribution in [1.29, 1.82) is 0 Å². The summed E-state index contributed by atoms with van der Waals surface area (Å²) in [6, 6.07) is -2.34. The Hall–Kier alpha value is -0.290. The number of likely N-dealkylation sites (tertiary alicyclic amines) is 1. The highest BCUT2D eigenvalue weighted by Crippen LogP contribution is 2.34. The average molecular weight is 238 g/mol. The van der Waals surface area contributed by atoms with Crippen LogP contribution in [0.4, 0.5) is 13.2 Å². The van der Waals surface area contributed by atoms with Crippen molar-refractivity contribution in [2.45, 2.75) is 57.9 Å². The van der Waals surface area contributed by atoms with Crippen LogP contribution in [0.5, 0.6) is 0 Å². The zero-order chi connectivity index (χ0) is 12.5. The molecule has 1 aliphatic heterocycles. The Morgan fingerprint density at radius 1 is 1.38 bits per heavy atom. The van der Waals surface area contributed by atoms with Gasteiger partial charge >= 0.3 is 6.18 Å². The number of hydrogen-bond acceptors (Lipinski definition) is 2. The van der Waals surface area contributed by atoms with E-state index in [0.717, 1.165) is 6.42 Å². The fourth-order valence-corrected chi connectivity index (χ4v) is 2.62. The molecule has 2 N–H and O–H groups in total. The van der Waals surface area contributed by atoms with Crippen LogP contribution in [0.25, 0.3) is 0 Å². The number of nitrogens with zero attached hydrogens (tertiary/aromatic N) is 1. The highest BCUT2D eigenvalue weighted by Gasteiger charge is 2.49. The van der Waals surface area contributed by atoms with Gasteiger partial charge in [0.05, 0.1) is 0 Å². The average Bonchev–Trinajstić information content (AvgIpc) is 2.43. The molecule has 0 aromatic rings. The smallest absolute Gasteiger partial charge is 0.326 e. The molecule has 5 heteroatoms. The van der Waals surface area contributed by atoms with Gasteiger partial charge in [0.15, 0.2) is 0 Å². The van der Waals surface area contributed by atoms with Crippen LogP contribution in [-0.2, 0) is 0 Å². The lowest BCUT2D eigenvalue weighted by atomic mass is 10.0. The van der Waals surface area contributed by atoms with Crippen molar-refractivity contribution in [3.05, 3.63) is 0 Å². The maximum atomic E-state index is 13.0. The molecule has 4 atom stereocenters. The molecule has 0 saturated carbocycles. The van der Waals surface area contributed by atoms with Gasteiger partial charge < -0.3 is 5.73 Å². The number of nitrogens with two attached hydrogens (primary N) is 1. The summed E-state index contributed by atoms with van der Waals surface area (Å²) in [5.74, 6) is 0.323. The van der Waals surface area contributed by atoms with Crippen molar-refractivity contribution in [3.63, 3.8) is 0 Å². The highest BCUT2D eigenvalue weighted by molar-refractivity contribution is 4.94. The Bertz CT molecular complexity index is 230. The Labute approximate surface area is 95.0 Å². The Balaban J connectivity index is 2.85. The van der Waals surface area contributed by atoms with Gasteiger partial charge in [-0.1, -0.05) is 13.8 Å². The number of hydrogen-bond donors (Lipinski definition) is 1. The van der Waals surface area contributed by atoms with Gasteiger partial charge in [0.2, 0.25) is 0 Å². The van der Waals surface area contributed by atoms with Crippen LogP contribution in [0.3, 0.4) is 0 Å². The zero-order valence-electron chi connectivity index (χ0n) is 10.1. The third-order valence-electron chi connectivity index (χ3n) is 3.40. The normalized spacial score (nSPS) is 31.7. The van der Waals surface area contributed by atoms with Crippen LogP contribution >= 0.6 is 0 Å². The second-order valence-corrected chi connectivity index (χ2v) is 4.95. The fraction of sp³-hybridized carbons (Fsp3) is 1.00. The standard InChI is InChI=1S/C11H21F3N2/c1-4-9(15)10(11(12,13)14)16-6-7(2)5-8(16)3/h7-10H,4-6,15H2,1-3H3. The monoisotopic (exact) mass is 238 g/mol. The molecule has 1 aliphatic rings. The molecule has 1 fully saturated rings. The Morgan fingerprint density at radius 2 is 1.94 bits per heavy atom. The molecule has 1 saturated heterocycles. The molecular weight excluding hydrogens is 217 g/mol. The maximum absolute atomic E-state index is 13.0. The summed E-state index contributed by atoms with van der Waals surface area (Å²) < 4.78 is 39.0. The van der Waals surface area contributed by atoms with Crippen molar-refractivity contribution in [2.75, 3.05) is 6.54 Å². The Kier molecular flexibility index (Phi) is 4.23. The van der Waals surface area contributed by atoms with Crippen LogP contribution in [-0.4, -0.2) is 35.7 Å². The van der Waals surface area contributed by atoms with Crippen LogP contribution in [0.15, 0.2) is 0 Å². The summed E-state index contributed by atoms with van der Waals surface area (Å²) in [5, 5.41) is 0. The van der Waals surface area contributed by atoms with Crippen molar-refractivity contribution >= 4 is 0 Å². The molecular formula is C11H21F3N2. The quantitative estimate of drug-likeness (QED) is 0.818. The largest absolute Gasteiger partial charge is 0.405 e. The van der Waals surface area contributed by atoms with Gasteiger partial charge in [0.1, 0.15) is 6.04 Å². The predicted molar refractivity (Wildman–Crippen MR) is 58.1 cm³/mol. The highest BCUT2D eigenvalue weighted by atomic mass is 19.4. The second-order valence-electron chi connectivity index (χ2n) is 4.95. The van der Waals surface area contributed by atoms with Gasteiger partial charge in [0, 0.05) is 18.6 Å². The lowest BCUT2D eigenvalue weighted by Crippen LogP contribution is -2.56. The van der Waals surface area contributed by atoms with E-state index in [4.69, 9.17) is 5.73 Å². The van der Waals surface area contributed by atoms with E-state index in [1.807, 2.05) is 13.8 Å². The van der Waals surface area contributed by atoms with E-state index in [1.54, 1.807) is 6.92 Å². The molecule has 0 aromatic carbocycles. The molecule has 2 nitrogen and oxygen atoms in total. The van der Waals surface area contributed by atoms with Gasteiger partial charge in [0.25, 0.3) is 0 Å². The fourth-order valence-electron chi connectivity index (χ4n) is 2.62.